The van der Waals surface area contributed by atoms with Crippen LogP contribution in [0.2, 0.25) is 5.02 Å². The number of nitrogens with one attached hydrogen (secondary N) is 1. The quantitative estimate of drug-likeness (QED) is 0.824. The molecule has 1 aromatic rings. The molecule has 2 N–H and O–H groups in total. The molecule has 0 aliphatic carbocycles. The van der Waals surface area contributed by atoms with E-state index in [0.29, 0.717) is 10.6 Å². The summed E-state index contributed by atoms with van der Waals surface area (Å²) in [4.78, 5) is 21.7. The van der Waals surface area contributed by atoms with Crippen molar-refractivity contribution in [1.29, 1.82) is 0 Å². The van der Waals surface area contributed by atoms with Crippen molar-refractivity contribution in [3.05, 3.63) is 34.9 Å². The molecule has 0 spiro atoms. The zero-order chi connectivity index (χ0) is 11.4. The Morgan fingerprint density at radius 1 is 1.47 bits per heavy atom. The van der Waals surface area contributed by atoms with E-state index in [4.69, 9.17) is 16.7 Å². The lowest BCUT2D eigenvalue weighted by molar-refractivity contribution is -0.141. The zero-order valence-corrected chi connectivity index (χ0v) is 8.78. The average Bonchev–Trinajstić information content (AvgIpc) is 2.13. The van der Waals surface area contributed by atoms with Gasteiger partial charge in [0, 0.05) is 11.9 Å². The smallest absolute Gasteiger partial charge is 0.330 e. The van der Waals surface area contributed by atoms with Gasteiger partial charge in [0.05, 0.1) is 0 Å². The van der Waals surface area contributed by atoms with Crippen molar-refractivity contribution in [3.63, 3.8) is 0 Å². The highest BCUT2D eigenvalue weighted by molar-refractivity contribution is 6.30. The van der Waals surface area contributed by atoms with Crippen molar-refractivity contribution in [1.82, 2.24) is 5.32 Å². The molecule has 0 aromatic heterocycles. The van der Waals surface area contributed by atoms with Crippen LogP contribution in [0.3, 0.4) is 0 Å². The second-order valence-corrected chi connectivity index (χ2v) is 3.46. The molecule has 15 heavy (non-hydrogen) atoms. The van der Waals surface area contributed by atoms with Gasteiger partial charge < -0.3 is 10.4 Å². The molecule has 0 saturated carbocycles. The number of halogens is 1. The van der Waals surface area contributed by atoms with E-state index in [-0.39, 0.29) is 0 Å². The van der Waals surface area contributed by atoms with Crippen LogP contribution in [0.15, 0.2) is 24.3 Å². The SMILES string of the molecule is CC(=O)N[C@@H](C(=O)O)c1cccc(Cl)c1. The lowest BCUT2D eigenvalue weighted by Crippen LogP contribution is -2.31. The lowest BCUT2D eigenvalue weighted by atomic mass is 10.1. The molecule has 5 heteroatoms. The van der Waals surface area contributed by atoms with Crippen LogP contribution in [-0.2, 0) is 9.59 Å². The van der Waals surface area contributed by atoms with Crippen molar-refractivity contribution in [2.24, 2.45) is 0 Å². The van der Waals surface area contributed by atoms with E-state index in [9.17, 15) is 9.59 Å². The molecule has 0 heterocycles. The third-order valence-electron chi connectivity index (χ3n) is 1.78. The van der Waals surface area contributed by atoms with E-state index < -0.39 is 17.9 Å². The minimum absolute atomic E-state index is 0.401. The molecule has 4 nitrogen and oxygen atoms in total. The van der Waals surface area contributed by atoms with E-state index in [1.54, 1.807) is 18.2 Å². The molecule has 0 bridgehead atoms. The van der Waals surface area contributed by atoms with Crippen LogP contribution in [0.1, 0.15) is 18.5 Å². The molecule has 0 radical (unpaired) electrons. The molecule has 1 aromatic carbocycles. The largest absolute Gasteiger partial charge is 0.479 e. The number of hydrogen-bond acceptors (Lipinski definition) is 2. The molecule has 0 unspecified atom stereocenters. The van der Waals surface area contributed by atoms with Gasteiger partial charge >= 0.3 is 5.97 Å². The van der Waals surface area contributed by atoms with E-state index >= 15 is 0 Å². The van der Waals surface area contributed by atoms with Crippen molar-refractivity contribution in [2.45, 2.75) is 13.0 Å². The maximum absolute atomic E-state index is 10.9. The second-order valence-electron chi connectivity index (χ2n) is 3.03. The predicted octanol–water partition coefficient (Wildman–Crippen LogP) is 1.60. The van der Waals surface area contributed by atoms with Crippen LogP contribution in [0.25, 0.3) is 0 Å². The van der Waals surface area contributed by atoms with Crippen molar-refractivity contribution in [3.8, 4) is 0 Å². The number of carbonyl (C=O) groups is 2. The van der Waals surface area contributed by atoms with Crippen LogP contribution in [-0.4, -0.2) is 17.0 Å². The van der Waals surface area contributed by atoms with Gasteiger partial charge in [0.2, 0.25) is 5.91 Å². The van der Waals surface area contributed by atoms with Gasteiger partial charge in [-0.25, -0.2) is 4.79 Å². The first-order valence-corrected chi connectivity index (χ1v) is 4.64. The van der Waals surface area contributed by atoms with Crippen LogP contribution in [0, 0.1) is 0 Å². The van der Waals surface area contributed by atoms with Gasteiger partial charge in [0.25, 0.3) is 0 Å². The molecule has 1 atom stereocenters. The maximum Gasteiger partial charge on any atom is 0.330 e. The Kier molecular flexibility index (Phi) is 3.68. The first kappa shape index (κ1) is 11.5. The highest BCUT2D eigenvalue weighted by Crippen LogP contribution is 2.17. The van der Waals surface area contributed by atoms with E-state index in [1.807, 2.05) is 0 Å². The summed E-state index contributed by atoms with van der Waals surface area (Å²) in [6.45, 7) is 1.26. The summed E-state index contributed by atoms with van der Waals surface area (Å²) in [6, 6.07) is 5.32. The number of rotatable bonds is 3. The fourth-order valence-electron chi connectivity index (χ4n) is 1.18. The van der Waals surface area contributed by atoms with Gasteiger partial charge in [-0.05, 0) is 17.7 Å². The summed E-state index contributed by atoms with van der Waals surface area (Å²) in [7, 11) is 0. The Labute approximate surface area is 91.9 Å². The second kappa shape index (κ2) is 4.79. The normalized spacial score (nSPS) is 11.9. The molecule has 1 amide bonds. The van der Waals surface area contributed by atoms with Crippen LogP contribution >= 0.6 is 11.6 Å². The Morgan fingerprint density at radius 3 is 2.60 bits per heavy atom. The topological polar surface area (TPSA) is 66.4 Å². The molecule has 0 aliphatic rings. The van der Waals surface area contributed by atoms with Crippen molar-refractivity contribution in [2.75, 3.05) is 0 Å². The molecule has 1 rings (SSSR count). The van der Waals surface area contributed by atoms with Gasteiger partial charge in [-0.15, -0.1) is 0 Å². The van der Waals surface area contributed by atoms with Crippen molar-refractivity contribution < 1.29 is 14.7 Å². The summed E-state index contributed by atoms with van der Waals surface area (Å²) < 4.78 is 0. The summed E-state index contributed by atoms with van der Waals surface area (Å²) in [6.07, 6.45) is 0. The summed E-state index contributed by atoms with van der Waals surface area (Å²) >= 11 is 5.72. The van der Waals surface area contributed by atoms with Crippen LogP contribution < -0.4 is 5.32 Å². The summed E-state index contributed by atoms with van der Waals surface area (Å²) in [5.41, 5.74) is 0.449. The summed E-state index contributed by atoms with van der Waals surface area (Å²) in [5.74, 6) is -1.52. The monoisotopic (exact) mass is 227 g/mol. The minimum atomic E-state index is -1.12. The maximum atomic E-state index is 10.9. The van der Waals surface area contributed by atoms with Gasteiger partial charge in [-0.1, -0.05) is 23.7 Å². The van der Waals surface area contributed by atoms with E-state index in [1.165, 1.54) is 13.0 Å². The van der Waals surface area contributed by atoms with Gasteiger partial charge in [-0.2, -0.15) is 0 Å². The highest BCUT2D eigenvalue weighted by atomic mass is 35.5. The number of aliphatic carboxylic acids is 1. The number of carboxylic acids is 1. The molecular weight excluding hydrogens is 218 g/mol. The lowest BCUT2D eigenvalue weighted by Gasteiger charge is -2.13. The Balaban J connectivity index is 2.98. The first-order chi connectivity index (χ1) is 7.00. The fraction of sp³-hybridized carbons (Fsp3) is 0.200. The Bertz CT molecular complexity index is 392. The molecule has 80 valence electrons. The van der Waals surface area contributed by atoms with Gasteiger partial charge in [0.1, 0.15) is 0 Å². The first-order valence-electron chi connectivity index (χ1n) is 4.26. The van der Waals surface area contributed by atoms with Gasteiger partial charge in [-0.3, -0.25) is 4.79 Å². The predicted molar refractivity (Wildman–Crippen MR) is 55.6 cm³/mol. The minimum Gasteiger partial charge on any atom is -0.479 e. The molecular formula is C10H10ClNO3. The molecule has 0 aliphatic heterocycles. The third-order valence-corrected chi connectivity index (χ3v) is 2.01. The number of hydrogen-bond donors (Lipinski definition) is 2. The average molecular weight is 228 g/mol. The third kappa shape index (κ3) is 3.25. The Morgan fingerprint density at radius 2 is 2.13 bits per heavy atom. The zero-order valence-electron chi connectivity index (χ0n) is 8.03. The summed E-state index contributed by atoms with van der Waals surface area (Å²) in [5, 5.41) is 11.7. The Hall–Kier alpha value is -1.55. The number of carbonyl (C=O) groups excluding carboxylic acids is 1. The number of amides is 1. The van der Waals surface area contributed by atoms with Gasteiger partial charge in [0.15, 0.2) is 6.04 Å². The van der Waals surface area contributed by atoms with E-state index in [0.717, 1.165) is 0 Å². The molecule has 0 fully saturated rings. The standard InChI is InChI=1S/C10H10ClNO3/c1-6(13)12-9(10(14)15)7-3-2-4-8(11)5-7/h2-5,9H,1H3,(H,12,13)(H,14,15)/t9-/m1/s1. The van der Waals surface area contributed by atoms with E-state index in [2.05, 4.69) is 5.32 Å². The van der Waals surface area contributed by atoms with Crippen LogP contribution in [0.5, 0.6) is 0 Å². The molecule has 0 saturated heterocycles. The number of carboxylic acid groups (broad SMARTS) is 1. The van der Waals surface area contributed by atoms with Crippen molar-refractivity contribution >= 4 is 23.5 Å². The van der Waals surface area contributed by atoms with Crippen LogP contribution in [0.4, 0.5) is 0 Å². The number of benzene rings is 1. The highest BCUT2D eigenvalue weighted by Gasteiger charge is 2.20. The fourth-order valence-corrected chi connectivity index (χ4v) is 1.38.